The molecule has 0 atom stereocenters. The lowest BCUT2D eigenvalue weighted by Crippen LogP contribution is -2.20. The van der Waals surface area contributed by atoms with Gasteiger partial charge in [0.1, 0.15) is 5.75 Å². The van der Waals surface area contributed by atoms with Gasteiger partial charge < -0.3 is 10.1 Å². The van der Waals surface area contributed by atoms with E-state index in [9.17, 15) is 4.79 Å². The van der Waals surface area contributed by atoms with Gasteiger partial charge >= 0.3 is 0 Å². The summed E-state index contributed by atoms with van der Waals surface area (Å²) in [6.07, 6.45) is 0. The molecule has 3 aromatic rings. The summed E-state index contributed by atoms with van der Waals surface area (Å²) in [5.41, 5.74) is 2.77. The van der Waals surface area contributed by atoms with Crippen molar-refractivity contribution >= 4 is 23.2 Å². The van der Waals surface area contributed by atoms with E-state index in [2.05, 4.69) is 5.32 Å². The van der Waals surface area contributed by atoms with Gasteiger partial charge in [0.2, 0.25) is 0 Å². The lowest BCUT2D eigenvalue weighted by Gasteiger charge is -2.12. The molecule has 1 amide bonds. The second-order valence-electron chi connectivity index (χ2n) is 5.21. The SMILES string of the molecule is O=C(COc1cccc(Cl)c1)Nc1ccccc1-c1ccccc1. The number of carbonyl (C=O) groups is 1. The fraction of sp³-hybridized carbons (Fsp3) is 0.0500. The highest BCUT2D eigenvalue weighted by Gasteiger charge is 2.09. The van der Waals surface area contributed by atoms with Gasteiger partial charge in [0.05, 0.1) is 0 Å². The average molecular weight is 338 g/mol. The molecular weight excluding hydrogens is 322 g/mol. The maximum absolute atomic E-state index is 12.2. The predicted molar refractivity (Wildman–Crippen MR) is 97.5 cm³/mol. The lowest BCUT2D eigenvalue weighted by molar-refractivity contribution is -0.118. The highest BCUT2D eigenvalue weighted by atomic mass is 35.5. The van der Waals surface area contributed by atoms with Gasteiger partial charge in [-0.25, -0.2) is 0 Å². The van der Waals surface area contributed by atoms with Crippen molar-refractivity contribution in [3.63, 3.8) is 0 Å². The molecule has 24 heavy (non-hydrogen) atoms. The molecule has 120 valence electrons. The van der Waals surface area contributed by atoms with Gasteiger partial charge in [0.25, 0.3) is 5.91 Å². The molecular formula is C20H16ClNO2. The Balaban J connectivity index is 1.69. The molecule has 0 spiro atoms. The van der Waals surface area contributed by atoms with Crippen LogP contribution in [0.25, 0.3) is 11.1 Å². The van der Waals surface area contributed by atoms with Gasteiger partial charge in [-0.15, -0.1) is 0 Å². The summed E-state index contributed by atoms with van der Waals surface area (Å²) < 4.78 is 5.47. The quantitative estimate of drug-likeness (QED) is 0.709. The molecule has 3 aromatic carbocycles. The van der Waals surface area contributed by atoms with Crippen molar-refractivity contribution in [2.45, 2.75) is 0 Å². The van der Waals surface area contributed by atoms with Gasteiger partial charge in [-0.1, -0.05) is 66.2 Å². The normalized spacial score (nSPS) is 10.2. The number of hydrogen-bond acceptors (Lipinski definition) is 2. The molecule has 3 rings (SSSR count). The van der Waals surface area contributed by atoms with Gasteiger partial charge in [-0.2, -0.15) is 0 Å². The van der Waals surface area contributed by atoms with Crippen molar-refractivity contribution in [2.75, 3.05) is 11.9 Å². The minimum Gasteiger partial charge on any atom is -0.484 e. The molecule has 0 fully saturated rings. The average Bonchev–Trinajstić information content (AvgIpc) is 2.61. The number of ether oxygens (including phenoxy) is 1. The summed E-state index contributed by atoms with van der Waals surface area (Å²) in [6.45, 7) is -0.0799. The van der Waals surface area contributed by atoms with Crippen molar-refractivity contribution in [1.82, 2.24) is 0 Å². The molecule has 1 N–H and O–H groups in total. The first-order valence-electron chi connectivity index (χ1n) is 7.55. The summed E-state index contributed by atoms with van der Waals surface area (Å²) in [5, 5.41) is 3.47. The summed E-state index contributed by atoms with van der Waals surface area (Å²) in [7, 11) is 0. The highest BCUT2D eigenvalue weighted by Crippen LogP contribution is 2.27. The van der Waals surface area contributed by atoms with Crippen LogP contribution in [0.3, 0.4) is 0 Å². The molecule has 0 saturated carbocycles. The van der Waals surface area contributed by atoms with Gasteiger partial charge in [-0.3, -0.25) is 4.79 Å². The van der Waals surface area contributed by atoms with Crippen LogP contribution in [0.1, 0.15) is 0 Å². The van der Waals surface area contributed by atoms with Crippen molar-refractivity contribution < 1.29 is 9.53 Å². The highest BCUT2D eigenvalue weighted by molar-refractivity contribution is 6.30. The van der Waals surface area contributed by atoms with Gasteiger partial charge in [0, 0.05) is 16.3 Å². The molecule has 0 unspecified atom stereocenters. The Morgan fingerprint density at radius 2 is 1.67 bits per heavy atom. The van der Waals surface area contributed by atoms with Crippen LogP contribution in [0.4, 0.5) is 5.69 Å². The number of para-hydroxylation sites is 1. The minimum absolute atomic E-state index is 0.0799. The minimum atomic E-state index is -0.224. The Labute approximate surface area is 145 Å². The number of carbonyl (C=O) groups excluding carboxylic acids is 1. The first-order chi connectivity index (χ1) is 11.7. The summed E-state index contributed by atoms with van der Waals surface area (Å²) in [4.78, 5) is 12.2. The van der Waals surface area contributed by atoms with Crippen molar-refractivity contribution in [1.29, 1.82) is 0 Å². The van der Waals surface area contributed by atoms with Crippen LogP contribution in [0, 0.1) is 0 Å². The van der Waals surface area contributed by atoms with Crippen molar-refractivity contribution in [2.24, 2.45) is 0 Å². The number of nitrogens with one attached hydrogen (secondary N) is 1. The predicted octanol–water partition coefficient (Wildman–Crippen LogP) is 5.02. The first-order valence-corrected chi connectivity index (χ1v) is 7.93. The first kappa shape index (κ1) is 16.1. The van der Waals surface area contributed by atoms with E-state index in [1.807, 2.05) is 54.6 Å². The molecule has 0 aromatic heterocycles. The molecule has 0 saturated heterocycles. The van der Waals surface area contributed by atoms with E-state index in [0.717, 1.165) is 16.8 Å². The third kappa shape index (κ3) is 4.15. The van der Waals surface area contributed by atoms with Crippen LogP contribution in [-0.4, -0.2) is 12.5 Å². The Bertz CT molecular complexity index is 834. The van der Waals surface area contributed by atoms with E-state index >= 15 is 0 Å². The number of amides is 1. The van der Waals surface area contributed by atoms with Crippen LogP contribution in [0.5, 0.6) is 5.75 Å². The summed E-state index contributed by atoms with van der Waals surface area (Å²) >= 11 is 5.90. The number of rotatable bonds is 5. The van der Waals surface area contributed by atoms with Crippen LogP contribution >= 0.6 is 11.6 Å². The largest absolute Gasteiger partial charge is 0.484 e. The third-order valence-electron chi connectivity index (χ3n) is 3.45. The Kier molecular flexibility index (Phi) is 5.14. The van der Waals surface area contributed by atoms with Crippen LogP contribution < -0.4 is 10.1 Å². The van der Waals surface area contributed by atoms with E-state index in [1.165, 1.54) is 0 Å². The van der Waals surface area contributed by atoms with Gasteiger partial charge in [-0.05, 0) is 29.8 Å². The standard InChI is InChI=1S/C20H16ClNO2/c21-16-9-6-10-17(13-16)24-14-20(23)22-19-12-5-4-11-18(19)15-7-2-1-3-8-15/h1-13H,14H2,(H,22,23). The van der Waals surface area contributed by atoms with Crippen molar-refractivity contribution in [3.05, 3.63) is 83.9 Å². The zero-order valence-corrected chi connectivity index (χ0v) is 13.7. The summed E-state index contributed by atoms with van der Waals surface area (Å²) in [5.74, 6) is 0.340. The van der Waals surface area contributed by atoms with Crippen LogP contribution in [-0.2, 0) is 4.79 Å². The molecule has 0 aliphatic carbocycles. The second-order valence-corrected chi connectivity index (χ2v) is 5.64. The molecule has 0 heterocycles. The number of benzene rings is 3. The number of anilines is 1. The van der Waals surface area contributed by atoms with E-state index in [4.69, 9.17) is 16.3 Å². The zero-order chi connectivity index (χ0) is 16.8. The molecule has 0 aliphatic rings. The maximum Gasteiger partial charge on any atom is 0.262 e. The van der Waals surface area contributed by atoms with Crippen LogP contribution in [0.2, 0.25) is 5.02 Å². The Hall–Kier alpha value is -2.78. The number of hydrogen-bond donors (Lipinski definition) is 1. The molecule has 3 nitrogen and oxygen atoms in total. The van der Waals surface area contributed by atoms with E-state index < -0.39 is 0 Å². The maximum atomic E-state index is 12.2. The fourth-order valence-electron chi connectivity index (χ4n) is 2.35. The molecule has 0 aliphatic heterocycles. The number of halogens is 1. The third-order valence-corrected chi connectivity index (χ3v) is 3.69. The van der Waals surface area contributed by atoms with E-state index in [-0.39, 0.29) is 12.5 Å². The Morgan fingerprint density at radius 1 is 0.917 bits per heavy atom. The monoisotopic (exact) mass is 337 g/mol. The van der Waals surface area contributed by atoms with Crippen LogP contribution in [0.15, 0.2) is 78.9 Å². The smallest absolute Gasteiger partial charge is 0.262 e. The summed E-state index contributed by atoms with van der Waals surface area (Å²) in [6, 6.07) is 24.6. The molecule has 0 radical (unpaired) electrons. The molecule has 4 heteroatoms. The lowest BCUT2D eigenvalue weighted by atomic mass is 10.0. The topological polar surface area (TPSA) is 38.3 Å². The van der Waals surface area contributed by atoms with Gasteiger partial charge in [0.15, 0.2) is 6.61 Å². The van der Waals surface area contributed by atoms with Crippen molar-refractivity contribution in [3.8, 4) is 16.9 Å². The fourth-order valence-corrected chi connectivity index (χ4v) is 2.53. The van der Waals surface area contributed by atoms with E-state index in [0.29, 0.717) is 10.8 Å². The zero-order valence-electron chi connectivity index (χ0n) is 12.9. The molecule has 0 bridgehead atoms. The second kappa shape index (κ2) is 7.66. The van der Waals surface area contributed by atoms with E-state index in [1.54, 1.807) is 24.3 Å². The Morgan fingerprint density at radius 3 is 2.46 bits per heavy atom.